The van der Waals surface area contributed by atoms with Crippen LogP contribution in [0.25, 0.3) is 0 Å². The van der Waals surface area contributed by atoms with E-state index in [2.05, 4.69) is 14.9 Å². The first kappa shape index (κ1) is 39.8. The van der Waals surface area contributed by atoms with Crippen molar-refractivity contribution in [2.45, 2.75) is 68.6 Å². The highest BCUT2D eigenvalue weighted by molar-refractivity contribution is 7.92. The van der Waals surface area contributed by atoms with Crippen LogP contribution in [-0.2, 0) is 35.5 Å². The Bertz CT molecular complexity index is 1930. The predicted octanol–water partition coefficient (Wildman–Crippen LogP) is 6.11. The van der Waals surface area contributed by atoms with E-state index in [0.29, 0.717) is 6.42 Å². The molecule has 3 aromatic rings. The highest BCUT2D eigenvalue weighted by Crippen LogP contribution is 2.41. The number of sulfone groups is 1. The van der Waals surface area contributed by atoms with Gasteiger partial charge in [-0.05, 0) is 87.7 Å². The summed E-state index contributed by atoms with van der Waals surface area (Å²) in [6, 6.07) is 7.94. The predicted molar refractivity (Wildman–Crippen MR) is 178 cm³/mol. The number of amides is 2. The smallest absolute Gasteiger partial charge is 0.493 e. The van der Waals surface area contributed by atoms with Gasteiger partial charge in [0.1, 0.15) is 23.4 Å². The van der Waals surface area contributed by atoms with Gasteiger partial charge in [-0.3, -0.25) is 4.79 Å². The molecule has 282 valence electrons. The van der Waals surface area contributed by atoms with Gasteiger partial charge in [-0.25, -0.2) is 26.8 Å². The zero-order valence-electron chi connectivity index (χ0n) is 28.5. The van der Waals surface area contributed by atoms with Crippen molar-refractivity contribution >= 4 is 39.2 Å². The van der Waals surface area contributed by atoms with Gasteiger partial charge in [-0.2, -0.15) is 13.2 Å². The second-order valence-corrected chi connectivity index (χ2v) is 14.3. The van der Waals surface area contributed by atoms with E-state index < -0.39 is 68.6 Å². The summed E-state index contributed by atoms with van der Waals surface area (Å²) >= 11 is 0. The molecule has 0 spiro atoms. The van der Waals surface area contributed by atoms with Crippen LogP contribution in [0.3, 0.4) is 0 Å². The number of rotatable bonds is 11. The van der Waals surface area contributed by atoms with E-state index >= 15 is 4.39 Å². The fourth-order valence-electron chi connectivity index (χ4n) is 5.61. The number of hydrogen-bond acceptors (Lipinski definition) is 10. The highest BCUT2D eigenvalue weighted by Gasteiger charge is 2.45. The van der Waals surface area contributed by atoms with Gasteiger partial charge in [-0.1, -0.05) is 6.07 Å². The molecule has 18 heteroatoms. The molecule has 1 aliphatic rings. The summed E-state index contributed by atoms with van der Waals surface area (Å²) in [5.74, 6) is -4.85. The van der Waals surface area contributed by atoms with Crippen LogP contribution in [0.15, 0.2) is 59.5 Å². The third kappa shape index (κ3) is 8.55. The van der Waals surface area contributed by atoms with Crippen molar-refractivity contribution in [1.29, 1.82) is 0 Å². The Morgan fingerprint density at radius 3 is 2.35 bits per heavy atom. The summed E-state index contributed by atoms with van der Waals surface area (Å²) in [7, 11) is -3.35. The fraction of sp³-hybridized carbons (Fsp3) is 0.382. The van der Waals surface area contributed by atoms with E-state index in [1.165, 1.54) is 43.0 Å². The molecule has 1 fully saturated rings. The number of alkyl halides is 3. The topological polar surface area (TPSA) is 158 Å². The average Bonchev–Trinajstić information content (AvgIpc) is 3.59. The van der Waals surface area contributed by atoms with Gasteiger partial charge >= 0.3 is 18.2 Å². The number of likely N-dealkylation sites (tertiary alicyclic amines) is 1. The molecule has 2 amide bonds. The average molecular weight is 757 g/mol. The number of nitrogens with two attached hydrogens (primary N) is 1. The molecule has 0 saturated carbocycles. The molecule has 0 aliphatic carbocycles. The zero-order valence-corrected chi connectivity index (χ0v) is 29.3. The van der Waals surface area contributed by atoms with Gasteiger partial charge in [0, 0.05) is 29.9 Å². The monoisotopic (exact) mass is 756 g/mol. The number of carbonyl (C=O) groups is 3. The summed E-state index contributed by atoms with van der Waals surface area (Å²) in [6.45, 7) is 4.58. The summed E-state index contributed by atoms with van der Waals surface area (Å²) in [5, 5.41) is 1.77. The van der Waals surface area contributed by atoms with Crippen molar-refractivity contribution < 1.29 is 59.1 Å². The molecular formula is C34H37F5N4O8S. The maximum Gasteiger partial charge on any atom is 0.493 e. The SMILES string of the molecule is CCOc1ccc(F)c([C@H](Nc2ccc(CN)c(F)c2)C(=O)N2CCC[C@@H]2c2cc(N(OC(=O)C(F)(F)F)C(=O)OC)ccc2S(=O)(=O)C(C)C)c1. The minimum atomic E-state index is -5.52. The van der Waals surface area contributed by atoms with Gasteiger partial charge in [0.25, 0.3) is 0 Å². The molecule has 1 aliphatic heterocycles. The number of nitrogens with one attached hydrogen (secondary N) is 1. The van der Waals surface area contributed by atoms with Crippen LogP contribution < -0.4 is 20.9 Å². The maximum absolute atomic E-state index is 15.6. The summed E-state index contributed by atoms with van der Waals surface area (Å²) < 4.78 is 107. The first-order valence-electron chi connectivity index (χ1n) is 16.0. The lowest BCUT2D eigenvalue weighted by Gasteiger charge is -2.32. The normalized spacial score (nSPS) is 15.3. The number of halogens is 5. The Morgan fingerprint density at radius 1 is 1.04 bits per heavy atom. The van der Waals surface area contributed by atoms with Crippen molar-refractivity contribution in [1.82, 2.24) is 4.90 Å². The maximum atomic E-state index is 15.6. The molecule has 0 aromatic heterocycles. The molecule has 2 atom stereocenters. The van der Waals surface area contributed by atoms with E-state index in [-0.39, 0.29) is 64.2 Å². The number of anilines is 2. The second-order valence-electron chi connectivity index (χ2n) is 11.9. The summed E-state index contributed by atoms with van der Waals surface area (Å²) in [6.07, 6.45) is -6.66. The minimum Gasteiger partial charge on any atom is -0.494 e. The molecule has 0 unspecified atom stereocenters. The lowest BCUT2D eigenvalue weighted by atomic mass is 10.00. The molecule has 52 heavy (non-hydrogen) atoms. The molecule has 1 heterocycles. The quantitative estimate of drug-likeness (QED) is 0.173. The molecule has 4 rings (SSSR count). The molecule has 0 bridgehead atoms. The second kappa shape index (κ2) is 16.1. The molecule has 12 nitrogen and oxygen atoms in total. The van der Waals surface area contributed by atoms with Crippen LogP contribution in [0.1, 0.15) is 62.4 Å². The summed E-state index contributed by atoms with van der Waals surface area (Å²) in [5.41, 5.74) is 5.00. The largest absolute Gasteiger partial charge is 0.494 e. The lowest BCUT2D eigenvalue weighted by molar-refractivity contribution is -0.200. The van der Waals surface area contributed by atoms with Gasteiger partial charge in [0.05, 0.1) is 35.6 Å². The van der Waals surface area contributed by atoms with Gasteiger partial charge < -0.3 is 30.3 Å². The number of hydrogen-bond donors (Lipinski definition) is 2. The van der Waals surface area contributed by atoms with Crippen LogP contribution in [0.4, 0.5) is 38.1 Å². The van der Waals surface area contributed by atoms with E-state index in [1.807, 2.05) is 0 Å². The van der Waals surface area contributed by atoms with Gasteiger partial charge in [0.15, 0.2) is 9.84 Å². The first-order valence-corrected chi connectivity index (χ1v) is 17.5. The highest BCUT2D eigenvalue weighted by atomic mass is 32.2. The van der Waals surface area contributed by atoms with Crippen LogP contribution in [-0.4, -0.2) is 63.0 Å². The third-order valence-corrected chi connectivity index (χ3v) is 10.4. The van der Waals surface area contributed by atoms with E-state index in [0.717, 1.165) is 37.4 Å². The number of carbonyl (C=O) groups excluding carboxylic acids is 3. The van der Waals surface area contributed by atoms with Crippen molar-refractivity contribution in [3.8, 4) is 5.75 Å². The fourth-order valence-corrected chi connectivity index (χ4v) is 6.90. The Kier molecular flexibility index (Phi) is 12.4. The van der Waals surface area contributed by atoms with E-state index in [9.17, 15) is 40.4 Å². The standard InChI is InChI=1S/C34H37F5N4O8S/c1-5-50-23-11-12-26(35)24(17-23)30(41-21-9-8-20(18-40)27(36)15-21)31(44)42-14-6-7-28(42)25-16-22(10-13-29(25)52(47,48)19(2)3)43(33(46)49-4)51-32(45)34(37,38)39/h8-13,15-17,19,28,30,41H,5-7,14,18,40H2,1-4H3/t28-,30+/m1/s1. The molecule has 1 saturated heterocycles. The number of methoxy groups -OCH3 is 1. The van der Waals surface area contributed by atoms with E-state index in [1.54, 1.807) is 6.92 Å². The summed E-state index contributed by atoms with van der Waals surface area (Å²) in [4.78, 5) is 44.1. The van der Waals surface area contributed by atoms with Gasteiger partial charge in [0.2, 0.25) is 5.91 Å². The number of hydroxylamine groups is 1. The lowest BCUT2D eigenvalue weighted by Crippen LogP contribution is -2.39. The number of nitrogens with zero attached hydrogens (tertiary/aromatic N) is 2. The molecular weight excluding hydrogens is 719 g/mol. The zero-order chi connectivity index (χ0) is 38.5. The van der Waals surface area contributed by atoms with Crippen LogP contribution in [0.2, 0.25) is 0 Å². The molecule has 3 aromatic carbocycles. The Morgan fingerprint density at radius 2 is 1.75 bits per heavy atom. The molecule has 0 radical (unpaired) electrons. The van der Waals surface area contributed by atoms with Crippen LogP contribution >= 0.6 is 0 Å². The van der Waals surface area contributed by atoms with Gasteiger partial charge in [-0.15, -0.1) is 5.06 Å². The Labute approximate surface area is 296 Å². The number of ether oxygens (including phenoxy) is 2. The molecule has 3 N–H and O–H groups in total. The third-order valence-electron chi connectivity index (χ3n) is 8.22. The Hall–Kier alpha value is -4.97. The first-order chi connectivity index (χ1) is 24.4. The number of benzene rings is 3. The minimum absolute atomic E-state index is 0.00406. The van der Waals surface area contributed by atoms with Crippen LogP contribution in [0.5, 0.6) is 5.75 Å². The Balaban J connectivity index is 1.88. The van der Waals surface area contributed by atoms with Crippen molar-refractivity contribution in [3.63, 3.8) is 0 Å². The van der Waals surface area contributed by atoms with Crippen LogP contribution in [0, 0.1) is 11.6 Å². The van der Waals surface area contributed by atoms with Crippen molar-refractivity contribution in [3.05, 3.63) is 82.9 Å². The van der Waals surface area contributed by atoms with E-state index in [4.69, 9.17) is 10.5 Å². The van der Waals surface area contributed by atoms with Crippen molar-refractivity contribution in [2.24, 2.45) is 5.73 Å². The van der Waals surface area contributed by atoms with Crippen molar-refractivity contribution in [2.75, 3.05) is 30.6 Å².